The van der Waals surface area contributed by atoms with Gasteiger partial charge in [0.25, 0.3) is 0 Å². The van der Waals surface area contributed by atoms with Crippen LogP contribution < -0.4 is 10.5 Å². The summed E-state index contributed by atoms with van der Waals surface area (Å²) in [6, 6.07) is 3.75. The molecule has 0 bridgehead atoms. The molecule has 0 atom stereocenters. The van der Waals surface area contributed by atoms with Crippen molar-refractivity contribution in [2.75, 3.05) is 20.3 Å². The van der Waals surface area contributed by atoms with Crippen molar-refractivity contribution in [1.29, 1.82) is 5.41 Å². The third kappa shape index (κ3) is 3.75. The lowest BCUT2D eigenvalue weighted by Gasteiger charge is -2.13. The molecular formula is C13H20N2O2. The second kappa shape index (κ2) is 6.25. The zero-order chi connectivity index (χ0) is 12.8. The Balaban J connectivity index is 2.76. The highest BCUT2D eigenvalue weighted by Crippen LogP contribution is 2.24. The molecule has 0 radical (unpaired) electrons. The monoisotopic (exact) mass is 236 g/mol. The van der Waals surface area contributed by atoms with Gasteiger partial charge in [-0.05, 0) is 37.1 Å². The first kappa shape index (κ1) is 13.5. The van der Waals surface area contributed by atoms with Gasteiger partial charge in [-0.3, -0.25) is 5.41 Å². The van der Waals surface area contributed by atoms with Crippen LogP contribution in [0.1, 0.15) is 23.1 Å². The first-order valence-electron chi connectivity index (χ1n) is 5.63. The molecule has 0 aliphatic carbocycles. The number of hydrogen-bond acceptors (Lipinski definition) is 3. The molecule has 0 fully saturated rings. The summed E-state index contributed by atoms with van der Waals surface area (Å²) in [5, 5.41) is 7.41. The maximum absolute atomic E-state index is 7.41. The molecule has 0 unspecified atom stereocenters. The maximum atomic E-state index is 7.41. The van der Waals surface area contributed by atoms with E-state index in [4.69, 9.17) is 20.6 Å². The Bertz CT molecular complexity index is 379. The minimum atomic E-state index is 0.0853. The van der Waals surface area contributed by atoms with Gasteiger partial charge in [0, 0.05) is 25.7 Å². The normalized spacial score (nSPS) is 10.3. The highest BCUT2D eigenvalue weighted by molar-refractivity contribution is 5.95. The Morgan fingerprint density at radius 1 is 1.24 bits per heavy atom. The van der Waals surface area contributed by atoms with Gasteiger partial charge in [-0.1, -0.05) is 0 Å². The molecule has 0 aliphatic rings. The fourth-order valence-electron chi connectivity index (χ4n) is 1.71. The number of aryl methyl sites for hydroxylation is 2. The average Bonchev–Trinajstić information content (AvgIpc) is 2.26. The molecule has 0 saturated carbocycles. The predicted octanol–water partition coefficient (Wildman–Crippen LogP) is 2.00. The zero-order valence-corrected chi connectivity index (χ0v) is 10.7. The first-order chi connectivity index (χ1) is 8.06. The summed E-state index contributed by atoms with van der Waals surface area (Å²) in [5.41, 5.74) is 8.22. The second-order valence-corrected chi connectivity index (χ2v) is 4.05. The lowest BCUT2D eigenvalue weighted by molar-refractivity contribution is 0.171. The summed E-state index contributed by atoms with van der Waals surface area (Å²) in [6.07, 6.45) is 0.865. The molecule has 4 nitrogen and oxygen atoms in total. The second-order valence-electron chi connectivity index (χ2n) is 4.05. The smallest absolute Gasteiger partial charge is 0.125 e. The van der Waals surface area contributed by atoms with E-state index >= 15 is 0 Å². The molecule has 0 aliphatic heterocycles. The molecule has 1 rings (SSSR count). The van der Waals surface area contributed by atoms with Crippen molar-refractivity contribution in [3.05, 3.63) is 28.8 Å². The average molecular weight is 236 g/mol. The number of benzene rings is 1. The van der Waals surface area contributed by atoms with Gasteiger partial charge in [-0.25, -0.2) is 0 Å². The summed E-state index contributed by atoms with van der Waals surface area (Å²) < 4.78 is 10.7. The van der Waals surface area contributed by atoms with Gasteiger partial charge in [0.1, 0.15) is 11.6 Å². The molecule has 17 heavy (non-hydrogen) atoms. The van der Waals surface area contributed by atoms with Gasteiger partial charge in [-0.15, -0.1) is 0 Å². The lowest BCUT2D eigenvalue weighted by atomic mass is 10.1. The van der Waals surface area contributed by atoms with Crippen LogP contribution in [0.25, 0.3) is 0 Å². The largest absolute Gasteiger partial charge is 0.493 e. The standard InChI is InChI=1S/C13H20N2O2/c1-9-7-11(13(14)15)8-10(2)12(9)17-6-4-5-16-3/h7-8H,4-6H2,1-3H3,(H3,14,15). The fourth-order valence-corrected chi connectivity index (χ4v) is 1.71. The van der Waals surface area contributed by atoms with Crippen LogP contribution in [0.15, 0.2) is 12.1 Å². The van der Waals surface area contributed by atoms with Crippen LogP contribution in [0.3, 0.4) is 0 Å². The molecule has 0 amide bonds. The van der Waals surface area contributed by atoms with Crippen LogP contribution in [-0.2, 0) is 4.74 Å². The molecule has 3 N–H and O–H groups in total. The molecule has 1 aromatic rings. The first-order valence-corrected chi connectivity index (χ1v) is 5.63. The molecular weight excluding hydrogens is 216 g/mol. The molecule has 0 spiro atoms. The third-order valence-corrected chi connectivity index (χ3v) is 2.51. The van der Waals surface area contributed by atoms with Crippen LogP contribution in [0.5, 0.6) is 5.75 Å². The van der Waals surface area contributed by atoms with Gasteiger partial charge in [0.05, 0.1) is 6.61 Å². The van der Waals surface area contributed by atoms with Gasteiger partial charge in [0.2, 0.25) is 0 Å². The van der Waals surface area contributed by atoms with E-state index in [2.05, 4.69) is 0 Å². The number of nitrogen functional groups attached to an aromatic ring is 1. The van der Waals surface area contributed by atoms with E-state index in [-0.39, 0.29) is 5.84 Å². The number of nitrogens with one attached hydrogen (secondary N) is 1. The number of amidine groups is 1. The highest BCUT2D eigenvalue weighted by atomic mass is 16.5. The summed E-state index contributed by atoms with van der Waals surface area (Å²) in [6.45, 7) is 5.26. The number of hydrogen-bond donors (Lipinski definition) is 2. The maximum Gasteiger partial charge on any atom is 0.125 e. The van der Waals surface area contributed by atoms with Crippen molar-refractivity contribution < 1.29 is 9.47 Å². The summed E-state index contributed by atoms with van der Waals surface area (Å²) in [4.78, 5) is 0. The SMILES string of the molecule is COCCCOc1c(C)cc(C(=N)N)cc1C. The van der Waals surface area contributed by atoms with Crippen LogP contribution in [0.4, 0.5) is 0 Å². The number of methoxy groups -OCH3 is 1. The predicted molar refractivity (Wildman–Crippen MR) is 68.9 cm³/mol. The van der Waals surface area contributed by atoms with Crippen LogP contribution in [0, 0.1) is 19.3 Å². The fraction of sp³-hybridized carbons (Fsp3) is 0.462. The van der Waals surface area contributed by atoms with E-state index in [0.717, 1.165) is 28.9 Å². The van der Waals surface area contributed by atoms with Crippen molar-refractivity contribution in [3.8, 4) is 5.75 Å². The van der Waals surface area contributed by atoms with Gasteiger partial charge in [0.15, 0.2) is 0 Å². The van der Waals surface area contributed by atoms with E-state index in [9.17, 15) is 0 Å². The topological polar surface area (TPSA) is 68.3 Å². The van der Waals surface area contributed by atoms with Gasteiger partial charge < -0.3 is 15.2 Å². The molecule has 0 heterocycles. The third-order valence-electron chi connectivity index (χ3n) is 2.51. The van der Waals surface area contributed by atoms with Crippen LogP contribution in [0.2, 0.25) is 0 Å². The molecule has 94 valence electrons. The number of rotatable bonds is 6. The lowest BCUT2D eigenvalue weighted by Crippen LogP contribution is -2.12. The van der Waals surface area contributed by atoms with Crippen LogP contribution >= 0.6 is 0 Å². The summed E-state index contributed by atoms with van der Waals surface area (Å²) in [7, 11) is 1.68. The van der Waals surface area contributed by atoms with Crippen molar-refractivity contribution in [1.82, 2.24) is 0 Å². The van der Waals surface area contributed by atoms with E-state index in [1.165, 1.54) is 0 Å². The quantitative estimate of drug-likeness (QED) is 0.451. The van der Waals surface area contributed by atoms with Gasteiger partial charge in [-0.2, -0.15) is 0 Å². The van der Waals surface area contributed by atoms with Crippen molar-refractivity contribution in [2.45, 2.75) is 20.3 Å². The van der Waals surface area contributed by atoms with Crippen molar-refractivity contribution >= 4 is 5.84 Å². The zero-order valence-electron chi connectivity index (χ0n) is 10.7. The molecule has 0 saturated heterocycles. The van der Waals surface area contributed by atoms with E-state index in [1.54, 1.807) is 7.11 Å². The number of nitrogens with two attached hydrogens (primary N) is 1. The Morgan fingerprint density at radius 2 is 1.82 bits per heavy atom. The van der Waals surface area contributed by atoms with Crippen molar-refractivity contribution in [3.63, 3.8) is 0 Å². The Morgan fingerprint density at radius 3 is 2.29 bits per heavy atom. The van der Waals surface area contributed by atoms with Gasteiger partial charge >= 0.3 is 0 Å². The highest BCUT2D eigenvalue weighted by Gasteiger charge is 2.07. The summed E-state index contributed by atoms with van der Waals surface area (Å²) in [5.74, 6) is 0.966. The van der Waals surface area contributed by atoms with E-state index in [1.807, 2.05) is 26.0 Å². The Kier molecular flexibility index (Phi) is 4.97. The Labute approximate surface area is 102 Å². The molecule has 1 aromatic carbocycles. The number of ether oxygens (including phenoxy) is 2. The Hall–Kier alpha value is -1.55. The van der Waals surface area contributed by atoms with E-state index in [0.29, 0.717) is 13.2 Å². The molecule has 4 heteroatoms. The van der Waals surface area contributed by atoms with E-state index < -0.39 is 0 Å². The minimum Gasteiger partial charge on any atom is -0.493 e. The molecule has 0 aromatic heterocycles. The summed E-state index contributed by atoms with van der Waals surface area (Å²) >= 11 is 0. The minimum absolute atomic E-state index is 0.0853. The van der Waals surface area contributed by atoms with Crippen LogP contribution in [-0.4, -0.2) is 26.2 Å². The van der Waals surface area contributed by atoms with Crippen molar-refractivity contribution in [2.24, 2.45) is 5.73 Å².